The Kier molecular flexibility index (Phi) is 8.55. The molecule has 0 aliphatic rings. The molecule has 3 rings (SSSR count). The Morgan fingerprint density at radius 1 is 0.935 bits per heavy atom. The number of nitrogen functional groups attached to an aromatic ring is 1. The van der Waals surface area contributed by atoms with Crippen molar-refractivity contribution in [2.45, 2.75) is 39.2 Å². The molecular weight excluding hydrogens is 386 g/mol. The Balaban J connectivity index is 1.68. The largest absolute Gasteiger partial charge is 0.368 e. The molecule has 0 saturated carbocycles. The van der Waals surface area contributed by atoms with Crippen molar-refractivity contribution >= 4 is 22.8 Å². The van der Waals surface area contributed by atoms with E-state index < -0.39 is 0 Å². The smallest absolute Gasteiger partial charge is 0.222 e. The Hall–Kier alpha value is -2.77. The van der Waals surface area contributed by atoms with Crippen molar-refractivity contribution in [2.75, 3.05) is 44.8 Å². The van der Waals surface area contributed by atoms with Crippen molar-refractivity contribution < 1.29 is 0 Å². The van der Waals surface area contributed by atoms with Crippen molar-refractivity contribution in [3.8, 4) is 0 Å². The summed E-state index contributed by atoms with van der Waals surface area (Å²) in [5.41, 5.74) is 11.0. The predicted molar refractivity (Wildman–Crippen MR) is 129 cm³/mol. The second kappa shape index (κ2) is 11.6. The average molecular weight is 422 g/mol. The van der Waals surface area contributed by atoms with E-state index in [-0.39, 0.29) is 5.95 Å². The lowest BCUT2D eigenvalue weighted by Crippen LogP contribution is -2.22. The highest BCUT2D eigenvalue weighted by Crippen LogP contribution is 2.21. The maximum atomic E-state index is 5.88. The fourth-order valence-electron chi connectivity index (χ4n) is 3.57. The van der Waals surface area contributed by atoms with Gasteiger partial charge in [-0.05, 0) is 63.3 Å². The van der Waals surface area contributed by atoms with Crippen LogP contribution < -0.4 is 16.4 Å². The summed E-state index contributed by atoms with van der Waals surface area (Å²) in [6.45, 7) is 6.11. The van der Waals surface area contributed by atoms with Crippen molar-refractivity contribution in [3.05, 3.63) is 53.2 Å². The summed E-state index contributed by atoms with van der Waals surface area (Å²) in [4.78, 5) is 15.9. The van der Waals surface area contributed by atoms with Crippen LogP contribution in [0.15, 0.2) is 36.4 Å². The number of fused-ring (bicyclic) bond motifs is 1. The summed E-state index contributed by atoms with van der Waals surface area (Å²) < 4.78 is 0. The lowest BCUT2D eigenvalue weighted by molar-refractivity contribution is 0.321. The fourth-order valence-corrected chi connectivity index (χ4v) is 3.57. The quantitative estimate of drug-likeness (QED) is 0.386. The van der Waals surface area contributed by atoms with Gasteiger partial charge < -0.3 is 21.3 Å². The molecule has 2 aromatic heterocycles. The first kappa shape index (κ1) is 22.9. The van der Waals surface area contributed by atoms with E-state index in [1.807, 2.05) is 19.2 Å². The zero-order chi connectivity index (χ0) is 22.1. The summed E-state index contributed by atoms with van der Waals surface area (Å²) >= 11 is 0. The molecule has 4 N–H and O–H groups in total. The molecule has 0 saturated heterocycles. The predicted octanol–water partition coefficient (Wildman–Crippen LogP) is 3.45. The van der Waals surface area contributed by atoms with Crippen LogP contribution in [0, 0.1) is 0 Å². The SMILES string of the molecule is CCCCNc1nc(N)nc2ccc(Cc3ccc(CN(C)CCCNC)cc3)nc12. The minimum Gasteiger partial charge on any atom is -0.368 e. The van der Waals surface area contributed by atoms with E-state index in [2.05, 4.69) is 63.7 Å². The molecule has 1 aromatic carbocycles. The third-order valence-electron chi connectivity index (χ3n) is 5.27. The number of benzene rings is 1. The number of hydrogen-bond acceptors (Lipinski definition) is 7. The van der Waals surface area contributed by atoms with Crippen molar-refractivity contribution in [2.24, 2.45) is 0 Å². The normalized spacial score (nSPS) is 11.4. The third-order valence-corrected chi connectivity index (χ3v) is 5.27. The van der Waals surface area contributed by atoms with Gasteiger partial charge in [-0.2, -0.15) is 4.98 Å². The summed E-state index contributed by atoms with van der Waals surface area (Å²) in [5, 5.41) is 6.56. The van der Waals surface area contributed by atoms with Gasteiger partial charge in [0.25, 0.3) is 0 Å². The summed E-state index contributed by atoms with van der Waals surface area (Å²) in [5.74, 6) is 0.988. The molecule has 7 nitrogen and oxygen atoms in total. The second-order valence-electron chi connectivity index (χ2n) is 8.07. The van der Waals surface area contributed by atoms with Gasteiger partial charge in [0.1, 0.15) is 5.52 Å². The minimum absolute atomic E-state index is 0.271. The number of nitrogens with two attached hydrogens (primary N) is 1. The number of pyridine rings is 1. The van der Waals surface area contributed by atoms with Gasteiger partial charge in [-0.25, -0.2) is 9.97 Å². The number of anilines is 2. The van der Waals surface area contributed by atoms with E-state index in [0.717, 1.165) is 74.4 Å². The maximum Gasteiger partial charge on any atom is 0.222 e. The molecule has 0 fully saturated rings. The Labute approximate surface area is 185 Å². The molecule has 0 radical (unpaired) electrons. The summed E-state index contributed by atoms with van der Waals surface area (Å²) in [6.07, 6.45) is 4.12. The van der Waals surface area contributed by atoms with Gasteiger partial charge in [0, 0.05) is 25.2 Å². The van der Waals surface area contributed by atoms with Crippen LogP contribution in [-0.2, 0) is 13.0 Å². The topological polar surface area (TPSA) is 92.0 Å². The number of aromatic nitrogens is 3. The van der Waals surface area contributed by atoms with Crippen LogP contribution >= 0.6 is 0 Å². The van der Waals surface area contributed by atoms with Crippen LogP contribution in [0.2, 0.25) is 0 Å². The van der Waals surface area contributed by atoms with Gasteiger partial charge in [0.05, 0.1) is 5.52 Å². The zero-order valence-electron chi connectivity index (χ0n) is 19.0. The van der Waals surface area contributed by atoms with E-state index in [1.54, 1.807) is 0 Å². The molecular formula is C24H35N7. The van der Waals surface area contributed by atoms with E-state index in [9.17, 15) is 0 Å². The Morgan fingerprint density at radius 3 is 2.45 bits per heavy atom. The molecule has 0 unspecified atom stereocenters. The number of hydrogen-bond donors (Lipinski definition) is 3. The molecule has 166 valence electrons. The summed E-state index contributed by atoms with van der Waals surface area (Å²) in [6, 6.07) is 12.8. The molecule has 7 heteroatoms. The van der Waals surface area contributed by atoms with Crippen LogP contribution in [0.3, 0.4) is 0 Å². The second-order valence-corrected chi connectivity index (χ2v) is 8.07. The van der Waals surface area contributed by atoms with E-state index in [4.69, 9.17) is 10.7 Å². The van der Waals surface area contributed by atoms with Crippen molar-refractivity contribution in [1.29, 1.82) is 0 Å². The van der Waals surface area contributed by atoms with Gasteiger partial charge in [0.2, 0.25) is 5.95 Å². The van der Waals surface area contributed by atoms with Crippen LogP contribution in [0.4, 0.5) is 11.8 Å². The monoisotopic (exact) mass is 421 g/mol. The van der Waals surface area contributed by atoms with E-state index in [0.29, 0.717) is 0 Å². The van der Waals surface area contributed by atoms with Crippen LogP contribution in [-0.4, -0.2) is 53.6 Å². The number of nitrogens with zero attached hydrogens (tertiary/aromatic N) is 4. The Morgan fingerprint density at radius 2 is 1.71 bits per heavy atom. The van der Waals surface area contributed by atoms with Gasteiger partial charge in [-0.15, -0.1) is 0 Å². The number of rotatable bonds is 12. The van der Waals surface area contributed by atoms with Crippen LogP contribution in [0.1, 0.15) is 43.0 Å². The first-order valence-corrected chi connectivity index (χ1v) is 11.2. The molecule has 0 aliphatic carbocycles. The van der Waals surface area contributed by atoms with Gasteiger partial charge >= 0.3 is 0 Å². The standard InChI is InChI=1S/C24H35N7/c1-4-5-14-27-23-22-21(29-24(25)30-23)12-11-20(28-22)16-18-7-9-19(10-8-18)17-31(3)15-6-13-26-2/h7-12,26H,4-6,13-17H2,1-3H3,(H3,25,27,29,30). The minimum atomic E-state index is 0.271. The van der Waals surface area contributed by atoms with Crippen molar-refractivity contribution in [1.82, 2.24) is 25.2 Å². The van der Waals surface area contributed by atoms with E-state index >= 15 is 0 Å². The zero-order valence-corrected chi connectivity index (χ0v) is 19.0. The van der Waals surface area contributed by atoms with E-state index in [1.165, 1.54) is 11.1 Å². The molecule has 3 aromatic rings. The van der Waals surface area contributed by atoms with Gasteiger partial charge in [0.15, 0.2) is 5.82 Å². The molecule has 0 amide bonds. The number of unbranched alkanes of at least 4 members (excludes halogenated alkanes) is 1. The number of nitrogens with one attached hydrogen (secondary N) is 2. The van der Waals surface area contributed by atoms with Gasteiger partial charge in [-0.1, -0.05) is 37.6 Å². The molecule has 0 bridgehead atoms. The molecule has 0 aliphatic heterocycles. The fraction of sp³-hybridized carbons (Fsp3) is 0.458. The Bertz CT molecular complexity index is 956. The third kappa shape index (κ3) is 6.87. The maximum absolute atomic E-state index is 5.88. The lowest BCUT2D eigenvalue weighted by atomic mass is 10.1. The molecule has 0 atom stereocenters. The van der Waals surface area contributed by atoms with Crippen LogP contribution in [0.5, 0.6) is 0 Å². The highest BCUT2D eigenvalue weighted by molar-refractivity contribution is 5.86. The first-order valence-electron chi connectivity index (χ1n) is 11.2. The highest BCUT2D eigenvalue weighted by atomic mass is 15.1. The van der Waals surface area contributed by atoms with Crippen LogP contribution in [0.25, 0.3) is 11.0 Å². The summed E-state index contributed by atoms with van der Waals surface area (Å²) in [7, 11) is 4.17. The van der Waals surface area contributed by atoms with Crippen molar-refractivity contribution in [3.63, 3.8) is 0 Å². The molecule has 31 heavy (non-hydrogen) atoms. The first-order chi connectivity index (χ1) is 15.1. The van der Waals surface area contributed by atoms with Gasteiger partial charge in [-0.3, -0.25) is 0 Å². The molecule has 2 heterocycles. The highest BCUT2D eigenvalue weighted by Gasteiger charge is 2.09. The molecule has 0 spiro atoms. The average Bonchev–Trinajstić information content (AvgIpc) is 2.76. The lowest BCUT2D eigenvalue weighted by Gasteiger charge is -2.16.